The van der Waals surface area contributed by atoms with E-state index in [1.165, 1.54) is 25.9 Å². The molecule has 0 unspecified atom stereocenters. The average Bonchev–Trinajstić information content (AvgIpc) is 2.17. The maximum absolute atomic E-state index is 7.51. The molecule has 16 heavy (non-hydrogen) atoms. The molecule has 0 aromatic rings. The summed E-state index contributed by atoms with van der Waals surface area (Å²) in [5, 5.41) is 7.51. The molecule has 0 spiro atoms. The lowest BCUT2D eigenvalue weighted by atomic mass is 9.86. The van der Waals surface area contributed by atoms with Gasteiger partial charge in [0.05, 0.1) is 5.84 Å². The Labute approximate surface area is 101 Å². The van der Waals surface area contributed by atoms with Crippen molar-refractivity contribution in [2.45, 2.75) is 53.4 Å². The number of nitrogens with two attached hydrogens (primary N) is 1. The van der Waals surface area contributed by atoms with Gasteiger partial charge in [0, 0.05) is 5.41 Å². The summed E-state index contributed by atoms with van der Waals surface area (Å²) in [4.78, 5) is 2.51. The van der Waals surface area contributed by atoms with Gasteiger partial charge in [-0.2, -0.15) is 0 Å². The van der Waals surface area contributed by atoms with E-state index in [1.54, 1.807) is 0 Å². The Morgan fingerprint density at radius 2 is 1.62 bits per heavy atom. The van der Waals surface area contributed by atoms with Gasteiger partial charge < -0.3 is 10.6 Å². The van der Waals surface area contributed by atoms with Crippen molar-refractivity contribution in [3.05, 3.63) is 0 Å². The highest BCUT2D eigenvalue weighted by atomic mass is 15.1. The van der Waals surface area contributed by atoms with Crippen molar-refractivity contribution in [2.75, 3.05) is 19.6 Å². The highest BCUT2D eigenvalue weighted by molar-refractivity contribution is 5.82. The van der Waals surface area contributed by atoms with Crippen molar-refractivity contribution in [3.8, 4) is 0 Å². The fourth-order valence-electron chi connectivity index (χ4n) is 1.85. The van der Waals surface area contributed by atoms with Gasteiger partial charge in [-0.3, -0.25) is 5.41 Å². The summed E-state index contributed by atoms with van der Waals surface area (Å²) in [6.45, 7) is 12.1. The maximum atomic E-state index is 7.51. The largest absolute Gasteiger partial charge is 0.387 e. The average molecular weight is 227 g/mol. The van der Waals surface area contributed by atoms with E-state index in [4.69, 9.17) is 11.1 Å². The number of hydrogen-bond acceptors (Lipinski definition) is 2. The molecule has 0 atom stereocenters. The molecule has 3 N–H and O–H groups in total. The first kappa shape index (κ1) is 15.4. The highest BCUT2D eigenvalue weighted by Gasteiger charge is 2.21. The number of hydrogen-bond donors (Lipinski definition) is 2. The molecule has 0 aromatic carbocycles. The van der Waals surface area contributed by atoms with E-state index >= 15 is 0 Å². The SMILES string of the molecule is CCCN(CCC)CCCC(C)(C)C(=N)N. The molecule has 0 aliphatic rings. The van der Waals surface area contributed by atoms with Gasteiger partial charge in [0.2, 0.25) is 0 Å². The molecule has 0 aliphatic carbocycles. The second-order valence-corrected chi connectivity index (χ2v) is 5.24. The number of nitrogens with one attached hydrogen (secondary N) is 1. The van der Waals surface area contributed by atoms with Gasteiger partial charge >= 0.3 is 0 Å². The summed E-state index contributed by atoms with van der Waals surface area (Å²) in [6.07, 6.45) is 4.57. The molecule has 3 heteroatoms. The molecule has 0 saturated carbocycles. The molecule has 96 valence electrons. The predicted octanol–water partition coefficient (Wildman–Crippen LogP) is 2.85. The van der Waals surface area contributed by atoms with Crippen LogP contribution in [0.15, 0.2) is 0 Å². The Balaban J connectivity index is 3.88. The first-order valence-corrected chi connectivity index (χ1v) is 6.51. The molecule has 3 nitrogen and oxygen atoms in total. The third-order valence-electron chi connectivity index (χ3n) is 3.08. The summed E-state index contributed by atoms with van der Waals surface area (Å²) in [6, 6.07) is 0. The smallest absolute Gasteiger partial charge is 0.0963 e. The summed E-state index contributed by atoms with van der Waals surface area (Å²) in [5.74, 6) is 0.310. The van der Waals surface area contributed by atoms with Crippen LogP contribution in [0.2, 0.25) is 0 Å². The van der Waals surface area contributed by atoms with Gasteiger partial charge in [0.25, 0.3) is 0 Å². The minimum Gasteiger partial charge on any atom is -0.387 e. The Morgan fingerprint density at radius 1 is 1.12 bits per heavy atom. The number of rotatable bonds is 9. The van der Waals surface area contributed by atoms with Crippen LogP contribution in [0.25, 0.3) is 0 Å². The quantitative estimate of drug-likeness (QED) is 0.470. The molecule has 0 bridgehead atoms. The fourth-order valence-corrected chi connectivity index (χ4v) is 1.85. The van der Waals surface area contributed by atoms with Gasteiger partial charge in [-0.15, -0.1) is 0 Å². The van der Waals surface area contributed by atoms with Crippen molar-refractivity contribution < 1.29 is 0 Å². The Bertz CT molecular complexity index is 193. The zero-order valence-corrected chi connectivity index (χ0v) is 11.5. The Hall–Kier alpha value is -0.570. The lowest BCUT2D eigenvalue weighted by Crippen LogP contribution is -2.33. The molecular weight excluding hydrogens is 198 g/mol. The van der Waals surface area contributed by atoms with Crippen molar-refractivity contribution in [3.63, 3.8) is 0 Å². The van der Waals surface area contributed by atoms with Crippen LogP contribution in [0.1, 0.15) is 53.4 Å². The Kier molecular flexibility index (Phi) is 7.39. The minimum absolute atomic E-state index is 0.135. The summed E-state index contributed by atoms with van der Waals surface area (Å²) >= 11 is 0. The number of nitrogens with zero attached hydrogens (tertiary/aromatic N) is 1. The highest BCUT2D eigenvalue weighted by Crippen LogP contribution is 2.21. The zero-order chi connectivity index (χ0) is 12.6. The summed E-state index contributed by atoms with van der Waals surface area (Å²) in [7, 11) is 0. The van der Waals surface area contributed by atoms with Gasteiger partial charge in [-0.25, -0.2) is 0 Å². The van der Waals surface area contributed by atoms with Crippen molar-refractivity contribution in [2.24, 2.45) is 11.1 Å². The molecule has 0 aromatic heterocycles. The van der Waals surface area contributed by atoms with E-state index in [0.29, 0.717) is 5.84 Å². The molecule has 0 amide bonds. The first-order chi connectivity index (χ1) is 7.44. The van der Waals surface area contributed by atoms with Crippen LogP contribution in [0.3, 0.4) is 0 Å². The van der Waals surface area contributed by atoms with Crippen LogP contribution in [0, 0.1) is 10.8 Å². The van der Waals surface area contributed by atoms with Gasteiger partial charge in [0.1, 0.15) is 0 Å². The van der Waals surface area contributed by atoms with Crippen LogP contribution in [0.5, 0.6) is 0 Å². The lowest BCUT2D eigenvalue weighted by Gasteiger charge is -2.26. The van der Waals surface area contributed by atoms with E-state index in [0.717, 1.165) is 19.4 Å². The maximum Gasteiger partial charge on any atom is 0.0963 e. The minimum atomic E-state index is -0.135. The molecule has 0 saturated heterocycles. The van der Waals surface area contributed by atoms with Crippen molar-refractivity contribution in [1.82, 2.24) is 4.90 Å². The van der Waals surface area contributed by atoms with E-state index in [-0.39, 0.29) is 5.41 Å². The predicted molar refractivity (Wildman–Crippen MR) is 72.0 cm³/mol. The van der Waals surface area contributed by atoms with Crippen LogP contribution in [-0.4, -0.2) is 30.4 Å². The molecule has 0 fully saturated rings. The molecule has 0 aliphatic heterocycles. The normalized spacial score (nSPS) is 12.1. The van der Waals surface area contributed by atoms with Crippen LogP contribution in [0.4, 0.5) is 0 Å². The van der Waals surface area contributed by atoms with Gasteiger partial charge in [0.15, 0.2) is 0 Å². The van der Waals surface area contributed by atoms with Crippen molar-refractivity contribution in [1.29, 1.82) is 5.41 Å². The second-order valence-electron chi connectivity index (χ2n) is 5.24. The fraction of sp³-hybridized carbons (Fsp3) is 0.923. The van der Waals surface area contributed by atoms with Crippen LogP contribution < -0.4 is 5.73 Å². The molecule has 0 rings (SSSR count). The standard InChI is InChI=1S/C13H29N3/c1-5-9-16(10-6-2)11-7-8-13(3,4)12(14)15/h5-11H2,1-4H3,(H3,14,15). The van der Waals surface area contributed by atoms with E-state index < -0.39 is 0 Å². The van der Waals surface area contributed by atoms with E-state index in [9.17, 15) is 0 Å². The third kappa shape index (κ3) is 6.11. The second kappa shape index (κ2) is 7.66. The molecular formula is C13H29N3. The zero-order valence-electron chi connectivity index (χ0n) is 11.5. The first-order valence-electron chi connectivity index (χ1n) is 6.51. The monoisotopic (exact) mass is 227 g/mol. The number of amidine groups is 1. The van der Waals surface area contributed by atoms with Crippen LogP contribution in [-0.2, 0) is 0 Å². The van der Waals surface area contributed by atoms with Gasteiger partial charge in [-0.05, 0) is 45.3 Å². The Morgan fingerprint density at radius 3 is 2.00 bits per heavy atom. The lowest BCUT2D eigenvalue weighted by molar-refractivity contribution is 0.258. The van der Waals surface area contributed by atoms with Crippen molar-refractivity contribution >= 4 is 5.84 Å². The van der Waals surface area contributed by atoms with E-state index in [1.807, 2.05) is 0 Å². The van der Waals surface area contributed by atoms with Crippen LogP contribution >= 0.6 is 0 Å². The van der Waals surface area contributed by atoms with E-state index in [2.05, 4.69) is 32.6 Å². The molecule has 0 radical (unpaired) electrons. The topological polar surface area (TPSA) is 53.1 Å². The van der Waals surface area contributed by atoms with Gasteiger partial charge in [-0.1, -0.05) is 27.7 Å². The third-order valence-corrected chi connectivity index (χ3v) is 3.08. The summed E-state index contributed by atoms with van der Waals surface area (Å²) < 4.78 is 0. The summed E-state index contributed by atoms with van der Waals surface area (Å²) in [5.41, 5.74) is 5.44. The molecule has 0 heterocycles.